The monoisotopic (exact) mass is 656 g/mol. The number of esters is 1. The summed E-state index contributed by atoms with van der Waals surface area (Å²) in [5.41, 5.74) is 4.01. The van der Waals surface area contributed by atoms with Crippen molar-refractivity contribution in [1.82, 2.24) is 4.57 Å². The van der Waals surface area contributed by atoms with Crippen molar-refractivity contribution in [2.24, 2.45) is 5.92 Å². The molecule has 0 saturated carbocycles. The largest absolute Gasteiger partial charge is 0.462 e. The molecule has 4 aromatic rings. The third-order valence-electron chi connectivity index (χ3n) is 8.06. The molecule has 6 rings (SSSR count). The lowest BCUT2D eigenvalue weighted by Gasteiger charge is -2.31. The van der Waals surface area contributed by atoms with Crippen LogP contribution in [0.5, 0.6) is 0 Å². The van der Waals surface area contributed by atoms with E-state index in [9.17, 15) is 24.0 Å². The summed E-state index contributed by atoms with van der Waals surface area (Å²) < 4.78 is 6.47. The summed E-state index contributed by atoms with van der Waals surface area (Å²) in [5, 5.41) is 2.54. The zero-order chi connectivity index (χ0) is 32.7. The van der Waals surface area contributed by atoms with Crippen molar-refractivity contribution in [2.75, 3.05) is 35.8 Å². The number of anilines is 3. The number of hydrogen-bond acceptors (Lipinski definition) is 9. The Morgan fingerprint density at radius 1 is 0.957 bits per heavy atom. The number of amides is 3. The Bertz CT molecular complexity index is 1900. The average molecular weight is 657 g/mol. The molecule has 46 heavy (non-hydrogen) atoms. The molecule has 2 aliphatic heterocycles. The number of ether oxygens (including phenoxy) is 1. The first kappa shape index (κ1) is 31.3. The van der Waals surface area contributed by atoms with E-state index in [2.05, 4.69) is 5.32 Å². The summed E-state index contributed by atoms with van der Waals surface area (Å²) in [6.07, 6.45) is 0. The molecule has 0 bridgehead atoms. The van der Waals surface area contributed by atoms with Crippen molar-refractivity contribution >= 4 is 63.9 Å². The summed E-state index contributed by atoms with van der Waals surface area (Å²) in [6, 6.07) is 21.3. The van der Waals surface area contributed by atoms with Gasteiger partial charge in [-0.2, -0.15) is 0 Å². The van der Waals surface area contributed by atoms with Crippen LogP contribution in [-0.4, -0.2) is 54.2 Å². The normalized spacial score (nSPS) is 18.6. The summed E-state index contributed by atoms with van der Waals surface area (Å²) in [4.78, 5) is 70.4. The van der Waals surface area contributed by atoms with Crippen LogP contribution in [0.3, 0.4) is 0 Å². The molecule has 236 valence electrons. The lowest BCUT2D eigenvalue weighted by Crippen LogP contribution is -2.33. The highest BCUT2D eigenvalue weighted by Crippen LogP contribution is 2.54. The van der Waals surface area contributed by atoms with E-state index in [1.54, 1.807) is 25.1 Å². The van der Waals surface area contributed by atoms with E-state index in [0.717, 1.165) is 39.9 Å². The molecule has 1 saturated heterocycles. The van der Waals surface area contributed by atoms with Crippen LogP contribution in [0.4, 0.5) is 17.1 Å². The number of imide groups is 1. The Kier molecular flexibility index (Phi) is 8.58. The second-order valence-corrected chi connectivity index (χ2v) is 13.5. The number of aromatic nitrogens is 1. The summed E-state index contributed by atoms with van der Waals surface area (Å²) in [6.45, 7) is 3.62. The third kappa shape index (κ3) is 5.74. The summed E-state index contributed by atoms with van der Waals surface area (Å²) in [7, 11) is 3.86. The van der Waals surface area contributed by atoms with Gasteiger partial charge in [-0.1, -0.05) is 47.4 Å². The van der Waals surface area contributed by atoms with E-state index < -0.39 is 29.0 Å². The SMILES string of the molecule is CCOC(=O)c1ccc(N2C(=O)C3Sc4c(sc(=O)n4CC(=O)Nc4cccc(C)c4)[C@H](c4ccc(N(C)C)cc4)C3C2=O)cc1. The fraction of sp³-hybridized carbons (Fsp3) is 0.265. The highest BCUT2D eigenvalue weighted by Gasteiger charge is 2.56. The molecule has 0 radical (unpaired) electrons. The van der Waals surface area contributed by atoms with Gasteiger partial charge >= 0.3 is 10.8 Å². The Morgan fingerprint density at radius 2 is 1.67 bits per heavy atom. The first-order valence-corrected chi connectivity index (χ1v) is 16.5. The minimum Gasteiger partial charge on any atom is -0.462 e. The molecule has 1 fully saturated rings. The molecule has 1 N–H and O–H groups in total. The highest BCUT2D eigenvalue weighted by atomic mass is 32.2. The van der Waals surface area contributed by atoms with Gasteiger partial charge < -0.3 is 15.0 Å². The predicted octanol–water partition coefficient (Wildman–Crippen LogP) is 4.90. The average Bonchev–Trinajstić information content (AvgIpc) is 3.47. The lowest BCUT2D eigenvalue weighted by atomic mass is 9.83. The van der Waals surface area contributed by atoms with E-state index in [4.69, 9.17) is 4.74 Å². The van der Waals surface area contributed by atoms with Gasteiger partial charge in [-0.25, -0.2) is 9.69 Å². The zero-order valence-electron chi connectivity index (χ0n) is 25.7. The van der Waals surface area contributed by atoms with Crippen LogP contribution in [0.2, 0.25) is 0 Å². The van der Waals surface area contributed by atoms with E-state index in [1.165, 1.54) is 21.6 Å². The molecular weight excluding hydrogens is 625 g/mol. The van der Waals surface area contributed by atoms with Gasteiger partial charge in [0.1, 0.15) is 11.8 Å². The minimum absolute atomic E-state index is 0.226. The van der Waals surface area contributed by atoms with Gasteiger partial charge in [-0.05, 0) is 73.5 Å². The van der Waals surface area contributed by atoms with Crippen LogP contribution in [0.15, 0.2) is 82.6 Å². The van der Waals surface area contributed by atoms with E-state index in [1.807, 2.05) is 68.4 Å². The smallest absolute Gasteiger partial charge is 0.338 e. The molecule has 3 aromatic carbocycles. The molecule has 2 aliphatic rings. The molecule has 12 heteroatoms. The molecule has 10 nitrogen and oxygen atoms in total. The minimum atomic E-state index is -0.830. The number of thiazole rings is 1. The molecule has 2 unspecified atom stereocenters. The number of benzene rings is 3. The number of carbonyl (C=O) groups is 4. The first-order chi connectivity index (χ1) is 22.1. The topological polar surface area (TPSA) is 118 Å². The van der Waals surface area contributed by atoms with Crippen LogP contribution >= 0.6 is 23.1 Å². The lowest BCUT2D eigenvalue weighted by molar-refractivity contribution is -0.122. The molecule has 3 amide bonds. The third-order valence-corrected chi connectivity index (χ3v) is 10.7. The van der Waals surface area contributed by atoms with Crippen molar-refractivity contribution in [3.8, 4) is 0 Å². The second kappa shape index (κ2) is 12.6. The Morgan fingerprint density at radius 3 is 2.33 bits per heavy atom. The number of carbonyl (C=O) groups excluding carboxylic acids is 4. The Labute approximate surface area is 274 Å². The highest BCUT2D eigenvalue weighted by molar-refractivity contribution is 8.00. The van der Waals surface area contributed by atoms with Crippen molar-refractivity contribution in [2.45, 2.75) is 36.6 Å². The van der Waals surface area contributed by atoms with Gasteiger partial charge in [0.25, 0.3) is 0 Å². The molecule has 0 spiro atoms. The second-order valence-electron chi connectivity index (χ2n) is 11.3. The predicted molar refractivity (Wildman–Crippen MR) is 179 cm³/mol. The zero-order valence-corrected chi connectivity index (χ0v) is 27.3. The first-order valence-electron chi connectivity index (χ1n) is 14.8. The fourth-order valence-corrected chi connectivity index (χ4v) is 8.65. The standard InChI is InChI=1S/C34H32N4O6S2/c1-5-44-33(42)21-11-15-24(16-12-21)38-30(40)27-26(20-9-13-23(14-10-20)36(3)4)29-32(45-28(27)31(38)41)37(34(43)46-29)18-25(39)35-22-8-6-7-19(2)17-22/h6-17,26-28H,5,18H2,1-4H3,(H,35,39)/t26-,27?,28?/m1/s1. The van der Waals surface area contributed by atoms with Gasteiger partial charge in [-0.15, -0.1) is 0 Å². The maximum absolute atomic E-state index is 14.2. The van der Waals surface area contributed by atoms with Gasteiger partial charge in [0.05, 0.1) is 28.8 Å². The van der Waals surface area contributed by atoms with Crippen molar-refractivity contribution in [3.63, 3.8) is 0 Å². The quantitative estimate of drug-likeness (QED) is 0.210. The van der Waals surface area contributed by atoms with E-state index >= 15 is 0 Å². The van der Waals surface area contributed by atoms with Gasteiger partial charge in [-0.3, -0.25) is 23.7 Å². The molecule has 1 aromatic heterocycles. The number of nitrogens with one attached hydrogen (secondary N) is 1. The molecule has 3 atom stereocenters. The van der Waals surface area contributed by atoms with Crippen LogP contribution in [0.1, 0.15) is 39.2 Å². The number of aryl methyl sites for hydroxylation is 1. The summed E-state index contributed by atoms with van der Waals surface area (Å²) in [5.74, 6) is -3.04. The Balaban J connectivity index is 1.38. The number of rotatable bonds is 8. The van der Waals surface area contributed by atoms with Crippen molar-refractivity contribution < 1.29 is 23.9 Å². The van der Waals surface area contributed by atoms with Crippen LogP contribution in [0, 0.1) is 12.8 Å². The number of hydrogen-bond donors (Lipinski definition) is 1. The van der Waals surface area contributed by atoms with Crippen LogP contribution in [-0.2, 0) is 25.7 Å². The molecule has 3 heterocycles. The summed E-state index contributed by atoms with van der Waals surface area (Å²) >= 11 is 2.16. The maximum atomic E-state index is 14.2. The number of nitrogens with zero attached hydrogens (tertiary/aromatic N) is 3. The van der Waals surface area contributed by atoms with Crippen molar-refractivity contribution in [1.29, 1.82) is 0 Å². The number of thioether (sulfide) groups is 1. The van der Waals surface area contributed by atoms with Crippen LogP contribution < -0.4 is 20.0 Å². The van der Waals surface area contributed by atoms with Gasteiger partial charge in [0, 0.05) is 36.3 Å². The molecule has 0 aliphatic carbocycles. The van der Waals surface area contributed by atoms with Gasteiger partial charge in [0.15, 0.2) is 0 Å². The Hall–Kier alpha value is -4.68. The van der Waals surface area contributed by atoms with Crippen LogP contribution in [0.25, 0.3) is 0 Å². The maximum Gasteiger partial charge on any atom is 0.338 e. The molecular formula is C34H32N4O6S2. The van der Waals surface area contributed by atoms with E-state index in [-0.39, 0.29) is 29.8 Å². The fourth-order valence-electron chi connectivity index (χ4n) is 5.88. The van der Waals surface area contributed by atoms with Gasteiger partial charge in [0.2, 0.25) is 17.7 Å². The van der Waals surface area contributed by atoms with Crippen molar-refractivity contribution in [3.05, 3.63) is 104 Å². The van der Waals surface area contributed by atoms with E-state index in [0.29, 0.717) is 26.8 Å². The number of fused-ring (bicyclic) bond motifs is 2.